The van der Waals surface area contributed by atoms with Crippen LogP contribution in [0.4, 0.5) is 0 Å². The molecule has 0 unspecified atom stereocenters. The average molecular weight is 266 g/mol. The molecule has 102 valence electrons. The monoisotopic (exact) mass is 266 g/mol. The van der Waals surface area contributed by atoms with Crippen molar-refractivity contribution in [3.05, 3.63) is 24.3 Å². The zero-order valence-corrected chi connectivity index (χ0v) is 12.4. The Kier molecular flexibility index (Phi) is 8.83. The minimum absolute atomic E-state index is 0.834. The number of hydrogen-bond acceptors (Lipinski definition) is 2. The molecule has 0 amide bonds. The van der Waals surface area contributed by atoms with Gasteiger partial charge in [-0.3, -0.25) is 0 Å². The van der Waals surface area contributed by atoms with Crippen LogP contribution in [0, 0.1) is 0 Å². The third-order valence-corrected chi connectivity index (χ3v) is 3.40. The Morgan fingerprint density at radius 2 is 1.39 bits per heavy atom. The van der Waals surface area contributed by atoms with Gasteiger partial charge in [-0.05, 0) is 30.7 Å². The van der Waals surface area contributed by atoms with Crippen LogP contribution in [0.15, 0.2) is 29.2 Å². The van der Waals surface area contributed by atoms with E-state index in [0.717, 1.165) is 23.7 Å². The maximum Gasteiger partial charge on any atom is 0.119 e. The van der Waals surface area contributed by atoms with Crippen molar-refractivity contribution in [2.24, 2.45) is 0 Å². The topological polar surface area (TPSA) is 9.23 Å². The first-order valence-corrected chi connectivity index (χ1v) is 7.69. The summed E-state index contributed by atoms with van der Waals surface area (Å²) in [6.45, 7) is 3.10. The Morgan fingerprint density at radius 1 is 0.833 bits per heavy atom. The van der Waals surface area contributed by atoms with E-state index in [-0.39, 0.29) is 0 Å². The van der Waals surface area contributed by atoms with Gasteiger partial charge in [0.15, 0.2) is 0 Å². The van der Waals surface area contributed by atoms with Crippen LogP contribution >= 0.6 is 12.6 Å². The quantitative estimate of drug-likeness (QED) is 0.435. The van der Waals surface area contributed by atoms with Crippen molar-refractivity contribution in [1.82, 2.24) is 0 Å². The van der Waals surface area contributed by atoms with Gasteiger partial charge in [-0.15, -0.1) is 12.6 Å². The molecule has 0 aliphatic rings. The second kappa shape index (κ2) is 10.3. The summed E-state index contributed by atoms with van der Waals surface area (Å²) in [4.78, 5) is 0.981. The number of rotatable bonds is 10. The van der Waals surface area contributed by atoms with Crippen molar-refractivity contribution in [3.63, 3.8) is 0 Å². The molecule has 0 saturated heterocycles. The van der Waals surface area contributed by atoms with Gasteiger partial charge in [0, 0.05) is 4.90 Å². The molecule has 0 saturated carbocycles. The summed E-state index contributed by atoms with van der Waals surface area (Å²) in [5, 5.41) is 0. The minimum Gasteiger partial charge on any atom is -0.494 e. The van der Waals surface area contributed by atoms with E-state index in [1.54, 1.807) is 0 Å². The molecule has 0 aromatic heterocycles. The lowest BCUT2D eigenvalue weighted by atomic mass is 10.1. The Morgan fingerprint density at radius 3 is 2.00 bits per heavy atom. The molecule has 1 aromatic rings. The van der Waals surface area contributed by atoms with Crippen LogP contribution in [-0.2, 0) is 0 Å². The lowest BCUT2D eigenvalue weighted by molar-refractivity contribution is 0.304. The lowest BCUT2D eigenvalue weighted by Gasteiger charge is -2.06. The molecule has 0 heterocycles. The number of ether oxygens (including phenoxy) is 1. The SMILES string of the molecule is CCCCCCCCCCOc1ccc(S)cc1. The smallest absolute Gasteiger partial charge is 0.119 e. The van der Waals surface area contributed by atoms with Crippen molar-refractivity contribution in [1.29, 1.82) is 0 Å². The molecule has 0 radical (unpaired) electrons. The zero-order valence-electron chi connectivity index (χ0n) is 11.5. The van der Waals surface area contributed by atoms with E-state index in [1.807, 2.05) is 24.3 Å². The van der Waals surface area contributed by atoms with E-state index in [9.17, 15) is 0 Å². The van der Waals surface area contributed by atoms with Crippen molar-refractivity contribution in [2.75, 3.05) is 6.61 Å². The maximum absolute atomic E-state index is 5.67. The van der Waals surface area contributed by atoms with Crippen LogP contribution in [0.2, 0.25) is 0 Å². The summed E-state index contributed by atoms with van der Waals surface area (Å²) in [6.07, 6.45) is 10.7. The third kappa shape index (κ3) is 7.65. The Bertz CT molecular complexity index is 294. The summed E-state index contributed by atoms with van der Waals surface area (Å²) >= 11 is 4.25. The molecule has 0 aliphatic heterocycles. The highest BCUT2D eigenvalue weighted by Crippen LogP contribution is 2.15. The van der Waals surface area contributed by atoms with Crippen LogP contribution < -0.4 is 4.74 Å². The van der Waals surface area contributed by atoms with Crippen molar-refractivity contribution in [3.8, 4) is 5.75 Å². The predicted molar refractivity (Wildman–Crippen MR) is 81.8 cm³/mol. The first-order chi connectivity index (χ1) is 8.83. The Hall–Kier alpha value is -0.630. The standard InChI is InChI=1S/C16H26OS/c1-2-3-4-5-6-7-8-9-14-17-15-10-12-16(18)13-11-15/h10-13,18H,2-9,14H2,1H3. The number of hydrogen-bond donors (Lipinski definition) is 1. The Labute approximate surface area is 117 Å². The molecule has 0 bridgehead atoms. The van der Waals surface area contributed by atoms with Crippen molar-refractivity contribution >= 4 is 12.6 Å². The molecule has 0 fully saturated rings. The molecule has 1 rings (SSSR count). The largest absolute Gasteiger partial charge is 0.494 e. The van der Waals surface area contributed by atoms with Crippen LogP contribution in [0.3, 0.4) is 0 Å². The van der Waals surface area contributed by atoms with E-state index in [4.69, 9.17) is 4.74 Å². The van der Waals surface area contributed by atoms with Crippen LogP contribution in [0.5, 0.6) is 5.75 Å². The molecule has 2 heteroatoms. The fourth-order valence-corrected chi connectivity index (χ4v) is 2.12. The molecule has 0 N–H and O–H groups in total. The molecular weight excluding hydrogens is 240 g/mol. The zero-order chi connectivity index (χ0) is 13.1. The molecular formula is C16H26OS. The summed E-state index contributed by atoms with van der Waals surface area (Å²) in [5.74, 6) is 0.954. The van der Waals surface area contributed by atoms with Gasteiger partial charge >= 0.3 is 0 Å². The second-order valence-electron chi connectivity index (χ2n) is 4.82. The minimum atomic E-state index is 0.834. The van der Waals surface area contributed by atoms with Crippen molar-refractivity contribution in [2.45, 2.75) is 63.2 Å². The van der Waals surface area contributed by atoms with Gasteiger partial charge in [-0.25, -0.2) is 0 Å². The van der Waals surface area contributed by atoms with Crippen LogP contribution in [0.1, 0.15) is 58.3 Å². The highest BCUT2D eigenvalue weighted by Gasteiger charge is 1.94. The summed E-state index contributed by atoms with van der Waals surface area (Å²) in [5.41, 5.74) is 0. The van der Waals surface area contributed by atoms with E-state index in [2.05, 4.69) is 19.6 Å². The fourth-order valence-electron chi connectivity index (χ4n) is 1.97. The van der Waals surface area contributed by atoms with Crippen molar-refractivity contribution < 1.29 is 4.74 Å². The summed E-state index contributed by atoms with van der Waals surface area (Å²) in [6, 6.07) is 7.89. The van der Waals surface area contributed by atoms with E-state index >= 15 is 0 Å². The maximum atomic E-state index is 5.67. The molecule has 1 nitrogen and oxygen atoms in total. The molecule has 0 aliphatic carbocycles. The summed E-state index contributed by atoms with van der Waals surface area (Å²) in [7, 11) is 0. The first kappa shape index (κ1) is 15.4. The van der Waals surface area contributed by atoms with Gasteiger partial charge < -0.3 is 4.74 Å². The normalized spacial score (nSPS) is 10.6. The van der Waals surface area contributed by atoms with Gasteiger partial charge in [-0.2, -0.15) is 0 Å². The number of thiol groups is 1. The van der Waals surface area contributed by atoms with Gasteiger partial charge in [0.1, 0.15) is 5.75 Å². The molecule has 18 heavy (non-hydrogen) atoms. The van der Waals surface area contributed by atoms with Crippen LogP contribution in [0.25, 0.3) is 0 Å². The second-order valence-corrected chi connectivity index (χ2v) is 5.33. The summed E-state index contributed by atoms with van der Waals surface area (Å²) < 4.78 is 5.67. The lowest BCUT2D eigenvalue weighted by Crippen LogP contribution is -1.97. The van der Waals surface area contributed by atoms with Gasteiger partial charge in [0.2, 0.25) is 0 Å². The molecule has 0 spiro atoms. The number of unbranched alkanes of at least 4 members (excludes halogenated alkanes) is 7. The highest BCUT2D eigenvalue weighted by atomic mass is 32.1. The average Bonchev–Trinajstić information content (AvgIpc) is 2.39. The Balaban J connectivity index is 1.91. The fraction of sp³-hybridized carbons (Fsp3) is 0.625. The molecule has 0 atom stereocenters. The predicted octanol–water partition coefficient (Wildman–Crippen LogP) is 5.49. The highest BCUT2D eigenvalue weighted by molar-refractivity contribution is 7.80. The molecule has 1 aromatic carbocycles. The third-order valence-electron chi connectivity index (χ3n) is 3.10. The first-order valence-electron chi connectivity index (χ1n) is 7.24. The van der Waals surface area contributed by atoms with Crippen LogP contribution in [-0.4, -0.2) is 6.61 Å². The van der Waals surface area contributed by atoms with Gasteiger partial charge in [0.25, 0.3) is 0 Å². The number of benzene rings is 1. The van der Waals surface area contributed by atoms with E-state index in [0.29, 0.717) is 0 Å². The van der Waals surface area contributed by atoms with Gasteiger partial charge in [0.05, 0.1) is 6.61 Å². The van der Waals surface area contributed by atoms with Gasteiger partial charge in [-0.1, -0.05) is 51.9 Å². The van der Waals surface area contributed by atoms with E-state index < -0.39 is 0 Å². The van der Waals surface area contributed by atoms with E-state index in [1.165, 1.54) is 44.9 Å².